The summed E-state index contributed by atoms with van der Waals surface area (Å²) < 4.78 is 5.14. The number of nitriles is 1. The first kappa shape index (κ1) is 12.2. The van der Waals surface area contributed by atoms with Crippen molar-refractivity contribution in [1.82, 2.24) is 4.98 Å². The third-order valence-corrected chi connectivity index (χ3v) is 3.34. The molecule has 0 amide bonds. The highest BCUT2D eigenvalue weighted by Gasteiger charge is 2.28. The zero-order valence-corrected chi connectivity index (χ0v) is 10.6. The van der Waals surface area contributed by atoms with Crippen molar-refractivity contribution < 1.29 is 9.68 Å². The highest BCUT2D eigenvalue weighted by molar-refractivity contribution is 6.61. The Labute approximate surface area is 115 Å². The number of halogens is 1. The van der Waals surface area contributed by atoms with Gasteiger partial charge in [-0.15, -0.1) is 0 Å². The smallest absolute Gasteiger partial charge is 0.423 e. The lowest BCUT2D eigenvalue weighted by Gasteiger charge is -2.07. The molecule has 2 aromatic rings. The molecule has 1 aliphatic heterocycles. The Morgan fingerprint density at radius 3 is 3.05 bits per heavy atom. The molecular weight excluding hydrogens is 262 g/mol. The van der Waals surface area contributed by atoms with Crippen LogP contribution in [-0.2, 0) is 11.3 Å². The summed E-state index contributed by atoms with van der Waals surface area (Å²) in [7, 11) is -0.926. The molecule has 3 rings (SSSR count). The second-order valence-electron chi connectivity index (χ2n) is 4.21. The van der Waals surface area contributed by atoms with Gasteiger partial charge in [0.25, 0.3) is 0 Å². The topological polar surface area (TPSA) is 66.1 Å². The molecule has 2 heterocycles. The molecule has 0 atom stereocenters. The monoisotopic (exact) mass is 270 g/mol. The zero-order chi connectivity index (χ0) is 13.4. The molecule has 0 saturated heterocycles. The van der Waals surface area contributed by atoms with E-state index in [1.165, 1.54) is 0 Å². The lowest BCUT2D eigenvalue weighted by Crippen LogP contribution is -2.28. The standard InChI is InChI=1S/C13H8BClN2O2/c15-12-4-8-7-19-14(18)11(8)5-10(12)13-3-1-2-9(6-16)17-13/h1-5,18H,7H2. The summed E-state index contributed by atoms with van der Waals surface area (Å²) in [4.78, 5) is 4.20. The summed E-state index contributed by atoms with van der Waals surface area (Å²) in [6, 6.07) is 10.7. The third kappa shape index (κ3) is 2.10. The van der Waals surface area contributed by atoms with Crippen LogP contribution in [0, 0.1) is 11.3 Å². The largest absolute Gasteiger partial charge is 0.491 e. The first-order valence-electron chi connectivity index (χ1n) is 5.68. The van der Waals surface area contributed by atoms with E-state index in [1.54, 1.807) is 30.3 Å². The number of benzene rings is 1. The predicted octanol–water partition coefficient (Wildman–Crippen LogP) is 1.49. The number of nitrogens with zero attached hydrogens (tertiary/aromatic N) is 2. The fourth-order valence-electron chi connectivity index (χ4n) is 2.09. The van der Waals surface area contributed by atoms with Crippen LogP contribution in [0.2, 0.25) is 5.02 Å². The van der Waals surface area contributed by atoms with E-state index in [-0.39, 0.29) is 0 Å². The van der Waals surface area contributed by atoms with Crippen LogP contribution >= 0.6 is 11.6 Å². The van der Waals surface area contributed by atoms with Gasteiger partial charge in [-0.05, 0) is 29.2 Å². The van der Waals surface area contributed by atoms with Gasteiger partial charge in [-0.25, -0.2) is 4.98 Å². The lowest BCUT2D eigenvalue weighted by atomic mass is 9.78. The van der Waals surface area contributed by atoms with Gasteiger partial charge in [0, 0.05) is 5.56 Å². The summed E-state index contributed by atoms with van der Waals surface area (Å²) in [6.07, 6.45) is 0. The van der Waals surface area contributed by atoms with E-state index in [0.29, 0.717) is 34.0 Å². The van der Waals surface area contributed by atoms with E-state index in [9.17, 15) is 5.02 Å². The van der Waals surface area contributed by atoms with Crippen molar-refractivity contribution >= 4 is 24.2 Å². The number of hydrogen-bond donors (Lipinski definition) is 1. The van der Waals surface area contributed by atoms with E-state index in [1.807, 2.05) is 6.07 Å². The summed E-state index contributed by atoms with van der Waals surface area (Å²) in [5, 5.41) is 19.1. The van der Waals surface area contributed by atoms with Gasteiger partial charge in [-0.1, -0.05) is 23.7 Å². The summed E-state index contributed by atoms with van der Waals surface area (Å²) in [5.41, 5.74) is 3.18. The first-order valence-corrected chi connectivity index (χ1v) is 6.06. The van der Waals surface area contributed by atoms with Crippen molar-refractivity contribution in [2.45, 2.75) is 6.61 Å². The second kappa shape index (κ2) is 4.67. The van der Waals surface area contributed by atoms with Crippen LogP contribution in [0.3, 0.4) is 0 Å². The minimum absolute atomic E-state index is 0.325. The van der Waals surface area contributed by atoms with Gasteiger partial charge in [0.05, 0.1) is 17.3 Å². The molecule has 92 valence electrons. The molecule has 1 aromatic carbocycles. The summed E-state index contributed by atoms with van der Waals surface area (Å²) in [6.45, 7) is 0.349. The normalized spacial score (nSPS) is 13.2. The van der Waals surface area contributed by atoms with Gasteiger partial charge in [0.2, 0.25) is 0 Å². The highest BCUT2D eigenvalue weighted by Crippen LogP contribution is 2.28. The quantitative estimate of drug-likeness (QED) is 0.797. The first-order chi connectivity index (χ1) is 9.19. The summed E-state index contributed by atoms with van der Waals surface area (Å²) in [5.74, 6) is 0. The Morgan fingerprint density at radius 2 is 2.26 bits per heavy atom. The molecule has 1 aromatic heterocycles. The molecule has 0 radical (unpaired) electrons. The van der Waals surface area contributed by atoms with Gasteiger partial charge < -0.3 is 9.68 Å². The molecule has 4 nitrogen and oxygen atoms in total. The molecule has 1 aliphatic rings. The van der Waals surface area contributed by atoms with E-state index in [2.05, 4.69) is 4.98 Å². The van der Waals surface area contributed by atoms with Crippen LogP contribution in [-0.4, -0.2) is 17.1 Å². The third-order valence-electron chi connectivity index (χ3n) is 3.03. The number of pyridine rings is 1. The van der Waals surface area contributed by atoms with Crippen LogP contribution in [0.5, 0.6) is 0 Å². The molecule has 0 unspecified atom stereocenters. The number of rotatable bonds is 1. The molecule has 0 aliphatic carbocycles. The molecule has 0 fully saturated rings. The van der Waals surface area contributed by atoms with E-state index < -0.39 is 7.12 Å². The summed E-state index contributed by atoms with van der Waals surface area (Å²) >= 11 is 6.23. The van der Waals surface area contributed by atoms with Crippen molar-refractivity contribution in [2.24, 2.45) is 0 Å². The van der Waals surface area contributed by atoms with Gasteiger partial charge >= 0.3 is 7.12 Å². The van der Waals surface area contributed by atoms with Crippen LogP contribution in [0.1, 0.15) is 11.3 Å². The second-order valence-corrected chi connectivity index (χ2v) is 4.62. The van der Waals surface area contributed by atoms with E-state index in [0.717, 1.165) is 5.56 Å². The Bertz CT molecular complexity index is 700. The van der Waals surface area contributed by atoms with Crippen molar-refractivity contribution in [2.75, 3.05) is 0 Å². The van der Waals surface area contributed by atoms with Gasteiger partial charge in [0.1, 0.15) is 11.8 Å². The Balaban J connectivity index is 2.15. The Kier molecular flexibility index (Phi) is 2.99. The van der Waals surface area contributed by atoms with Crippen LogP contribution in [0.25, 0.3) is 11.3 Å². The average molecular weight is 270 g/mol. The predicted molar refractivity (Wildman–Crippen MR) is 71.8 cm³/mol. The van der Waals surface area contributed by atoms with Gasteiger partial charge in [-0.3, -0.25) is 0 Å². The average Bonchev–Trinajstić information content (AvgIpc) is 2.79. The van der Waals surface area contributed by atoms with Crippen LogP contribution in [0.4, 0.5) is 0 Å². The maximum atomic E-state index is 9.71. The van der Waals surface area contributed by atoms with Crippen molar-refractivity contribution in [3.8, 4) is 17.3 Å². The van der Waals surface area contributed by atoms with Gasteiger partial charge in [0.15, 0.2) is 0 Å². The van der Waals surface area contributed by atoms with Crippen molar-refractivity contribution in [3.05, 3.63) is 46.6 Å². The number of fused-ring (bicyclic) bond motifs is 1. The molecule has 19 heavy (non-hydrogen) atoms. The molecule has 0 spiro atoms. The van der Waals surface area contributed by atoms with E-state index in [4.69, 9.17) is 21.5 Å². The number of hydrogen-bond acceptors (Lipinski definition) is 4. The molecular formula is C13H8BClN2O2. The maximum absolute atomic E-state index is 9.71. The fraction of sp³-hybridized carbons (Fsp3) is 0.0769. The zero-order valence-electron chi connectivity index (χ0n) is 9.80. The molecule has 0 saturated carbocycles. The molecule has 0 bridgehead atoms. The van der Waals surface area contributed by atoms with Crippen molar-refractivity contribution in [1.29, 1.82) is 5.26 Å². The Hall–Kier alpha value is -1.87. The minimum atomic E-state index is -0.926. The number of aromatic nitrogens is 1. The lowest BCUT2D eigenvalue weighted by molar-refractivity contribution is 0.275. The van der Waals surface area contributed by atoms with Crippen LogP contribution in [0.15, 0.2) is 30.3 Å². The molecule has 1 N–H and O–H groups in total. The Morgan fingerprint density at radius 1 is 1.42 bits per heavy atom. The van der Waals surface area contributed by atoms with E-state index >= 15 is 0 Å². The molecule has 6 heteroatoms. The SMILES string of the molecule is N#Cc1cccc(-c2cc3c(cc2Cl)COB3O)n1. The van der Waals surface area contributed by atoms with Crippen molar-refractivity contribution in [3.63, 3.8) is 0 Å². The van der Waals surface area contributed by atoms with Gasteiger partial charge in [-0.2, -0.15) is 5.26 Å². The minimum Gasteiger partial charge on any atom is -0.423 e. The maximum Gasteiger partial charge on any atom is 0.491 e. The fourth-order valence-corrected chi connectivity index (χ4v) is 2.37. The highest BCUT2D eigenvalue weighted by atomic mass is 35.5. The van der Waals surface area contributed by atoms with Crippen LogP contribution < -0.4 is 5.46 Å².